The molecule has 18 heavy (non-hydrogen) atoms. The van der Waals surface area contributed by atoms with E-state index in [-0.39, 0.29) is 5.73 Å². The summed E-state index contributed by atoms with van der Waals surface area (Å²) in [5, 5.41) is 0. The Balaban J connectivity index is 2.54. The maximum absolute atomic E-state index is 5.99. The summed E-state index contributed by atoms with van der Waals surface area (Å²) in [7, 11) is 2.20. The van der Waals surface area contributed by atoms with Crippen LogP contribution in [-0.4, -0.2) is 55.7 Å². The second-order valence-corrected chi connectivity index (χ2v) is 7.66. The molecule has 108 valence electrons. The van der Waals surface area contributed by atoms with E-state index in [1.807, 2.05) is 0 Å². The fourth-order valence-electron chi connectivity index (χ4n) is 2.03. The number of hydrogen-bond acceptors (Lipinski definition) is 5. The second-order valence-electron chi connectivity index (χ2n) is 4.58. The van der Waals surface area contributed by atoms with Crippen molar-refractivity contribution >= 4 is 8.80 Å². The van der Waals surface area contributed by atoms with Crippen LogP contribution in [-0.2, 0) is 22.8 Å². The predicted molar refractivity (Wildman–Crippen MR) is 70.4 cm³/mol. The molecule has 0 aromatic heterocycles. The van der Waals surface area contributed by atoms with Gasteiger partial charge < -0.3 is 22.8 Å². The van der Waals surface area contributed by atoms with Gasteiger partial charge in [-0.25, -0.2) is 0 Å². The Labute approximate surface area is 111 Å². The van der Waals surface area contributed by atoms with E-state index in [2.05, 4.69) is 6.92 Å². The zero-order valence-corrected chi connectivity index (χ0v) is 12.9. The number of rotatable bonds is 10. The van der Waals surface area contributed by atoms with Crippen molar-refractivity contribution in [3.8, 4) is 0 Å². The van der Waals surface area contributed by atoms with Gasteiger partial charge in [-0.1, -0.05) is 19.8 Å². The Kier molecular flexibility index (Phi) is 7.36. The highest BCUT2D eigenvalue weighted by Gasteiger charge is 2.48. The van der Waals surface area contributed by atoms with Gasteiger partial charge in [0.25, 0.3) is 0 Å². The summed E-state index contributed by atoms with van der Waals surface area (Å²) in [5.41, 5.74) is -0.0851. The molecule has 0 aromatic carbocycles. The lowest BCUT2D eigenvalue weighted by Gasteiger charge is -2.34. The van der Waals surface area contributed by atoms with Crippen molar-refractivity contribution in [3.63, 3.8) is 0 Å². The van der Waals surface area contributed by atoms with Crippen molar-refractivity contribution in [1.29, 1.82) is 0 Å². The van der Waals surface area contributed by atoms with Crippen molar-refractivity contribution < 1.29 is 22.8 Å². The van der Waals surface area contributed by atoms with Crippen molar-refractivity contribution in [3.05, 3.63) is 0 Å². The van der Waals surface area contributed by atoms with Crippen molar-refractivity contribution in [2.45, 2.75) is 31.9 Å². The standard InChI is InChI=1S/C12H26O5Si/c1-5-6-7-12(17-10-11-8-16-9-11)18(13-2,14-3)15-4/h11-12H,5-10H2,1-4H3. The van der Waals surface area contributed by atoms with E-state index in [1.165, 1.54) is 0 Å². The van der Waals surface area contributed by atoms with Crippen LogP contribution in [0.25, 0.3) is 0 Å². The first-order chi connectivity index (χ1) is 8.72. The van der Waals surface area contributed by atoms with Gasteiger partial charge in [0.05, 0.1) is 19.8 Å². The predicted octanol–water partition coefficient (Wildman–Crippen LogP) is 1.63. The summed E-state index contributed by atoms with van der Waals surface area (Å²) < 4.78 is 27.7. The van der Waals surface area contributed by atoms with Crippen LogP contribution in [0.4, 0.5) is 0 Å². The van der Waals surface area contributed by atoms with Crippen LogP contribution in [0.1, 0.15) is 26.2 Å². The van der Waals surface area contributed by atoms with Crippen LogP contribution in [0.15, 0.2) is 0 Å². The summed E-state index contributed by atoms with van der Waals surface area (Å²) >= 11 is 0. The normalized spacial score (nSPS) is 18.7. The molecule has 1 heterocycles. The highest BCUT2D eigenvalue weighted by molar-refractivity contribution is 6.62. The smallest absolute Gasteiger partial charge is 0.381 e. The number of unbranched alkanes of at least 4 members (excludes halogenated alkanes) is 1. The van der Waals surface area contributed by atoms with Gasteiger partial charge in [-0.3, -0.25) is 0 Å². The summed E-state index contributed by atoms with van der Waals surface area (Å²) in [6, 6.07) is 0. The van der Waals surface area contributed by atoms with E-state index in [0.717, 1.165) is 32.5 Å². The fraction of sp³-hybridized carbons (Fsp3) is 1.00. The Hall–Kier alpha value is 0.0169. The molecule has 1 unspecified atom stereocenters. The molecule has 0 saturated carbocycles. The molecule has 1 saturated heterocycles. The highest BCUT2D eigenvalue weighted by atomic mass is 28.4. The largest absolute Gasteiger partial charge is 0.530 e. The third kappa shape index (κ3) is 4.01. The molecule has 0 bridgehead atoms. The molecule has 0 aromatic rings. The van der Waals surface area contributed by atoms with Gasteiger partial charge in [-0.15, -0.1) is 0 Å². The van der Waals surface area contributed by atoms with E-state index in [0.29, 0.717) is 12.5 Å². The van der Waals surface area contributed by atoms with Gasteiger partial charge in [-0.2, -0.15) is 0 Å². The molecule has 1 aliphatic heterocycles. The van der Waals surface area contributed by atoms with Crippen LogP contribution in [0.2, 0.25) is 0 Å². The van der Waals surface area contributed by atoms with E-state index < -0.39 is 8.80 Å². The zero-order valence-electron chi connectivity index (χ0n) is 11.9. The summed E-state index contributed by atoms with van der Waals surface area (Å²) in [6.45, 7) is 4.44. The minimum atomic E-state index is -2.70. The monoisotopic (exact) mass is 278 g/mol. The van der Waals surface area contributed by atoms with E-state index in [4.69, 9.17) is 22.8 Å². The molecule has 1 fully saturated rings. The van der Waals surface area contributed by atoms with Gasteiger partial charge in [0.1, 0.15) is 5.73 Å². The summed E-state index contributed by atoms with van der Waals surface area (Å²) in [5.74, 6) is 0.506. The molecule has 1 atom stereocenters. The Bertz CT molecular complexity index is 210. The van der Waals surface area contributed by atoms with Crippen molar-refractivity contribution in [1.82, 2.24) is 0 Å². The number of hydrogen-bond donors (Lipinski definition) is 0. The summed E-state index contributed by atoms with van der Waals surface area (Å²) in [4.78, 5) is 0. The zero-order chi connectivity index (χ0) is 13.4. The summed E-state index contributed by atoms with van der Waals surface area (Å²) in [6.07, 6.45) is 3.11. The fourth-order valence-corrected chi connectivity index (χ4v) is 4.18. The molecule has 0 radical (unpaired) electrons. The highest BCUT2D eigenvalue weighted by Crippen LogP contribution is 2.22. The van der Waals surface area contributed by atoms with Gasteiger partial charge in [-0.05, 0) is 6.42 Å². The topological polar surface area (TPSA) is 46.2 Å². The van der Waals surface area contributed by atoms with E-state index in [9.17, 15) is 0 Å². The minimum absolute atomic E-state index is 0.0851. The van der Waals surface area contributed by atoms with Crippen LogP contribution in [0, 0.1) is 5.92 Å². The molecule has 5 nitrogen and oxygen atoms in total. The van der Waals surface area contributed by atoms with E-state index >= 15 is 0 Å². The second kappa shape index (κ2) is 8.24. The lowest BCUT2D eigenvalue weighted by molar-refractivity contribution is -0.0890. The average molecular weight is 278 g/mol. The van der Waals surface area contributed by atoms with Crippen LogP contribution in [0.3, 0.4) is 0 Å². The van der Waals surface area contributed by atoms with Crippen LogP contribution in [0.5, 0.6) is 0 Å². The quantitative estimate of drug-likeness (QED) is 0.568. The minimum Gasteiger partial charge on any atom is -0.381 e. The molecular weight excluding hydrogens is 252 g/mol. The molecule has 0 spiro atoms. The lowest BCUT2D eigenvalue weighted by Crippen LogP contribution is -2.56. The molecule has 1 aliphatic rings. The molecule has 0 N–H and O–H groups in total. The average Bonchev–Trinajstić information content (AvgIpc) is 2.35. The Morgan fingerprint density at radius 2 is 1.78 bits per heavy atom. The molecule has 0 aliphatic carbocycles. The SMILES string of the molecule is CCCCC(OCC1COC1)[Si](OC)(OC)OC. The lowest BCUT2D eigenvalue weighted by atomic mass is 10.1. The number of ether oxygens (including phenoxy) is 2. The Morgan fingerprint density at radius 1 is 1.17 bits per heavy atom. The molecular formula is C12H26O5Si. The van der Waals surface area contributed by atoms with E-state index in [1.54, 1.807) is 21.3 Å². The van der Waals surface area contributed by atoms with Gasteiger partial charge in [0.2, 0.25) is 0 Å². The van der Waals surface area contributed by atoms with Gasteiger partial charge >= 0.3 is 8.80 Å². The third-order valence-electron chi connectivity index (χ3n) is 3.31. The maximum Gasteiger partial charge on any atom is 0.530 e. The van der Waals surface area contributed by atoms with Crippen molar-refractivity contribution in [2.75, 3.05) is 41.2 Å². The van der Waals surface area contributed by atoms with Crippen LogP contribution < -0.4 is 0 Å². The van der Waals surface area contributed by atoms with Gasteiger partial charge in [0.15, 0.2) is 0 Å². The van der Waals surface area contributed by atoms with Crippen LogP contribution >= 0.6 is 0 Å². The van der Waals surface area contributed by atoms with Crippen molar-refractivity contribution in [2.24, 2.45) is 5.92 Å². The maximum atomic E-state index is 5.99. The van der Waals surface area contributed by atoms with Gasteiger partial charge in [0, 0.05) is 27.2 Å². The molecule has 0 amide bonds. The first kappa shape index (κ1) is 16.1. The first-order valence-electron chi connectivity index (χ1n) is 6.57. The Morgan fingerprint density at radius 3 is 2.17 bits per heavy atom. The molecule has 6 heteroatoms. The first-order valence-corrected chi connectivity index (χ1v) is 8.37. The molecule has 1 rings (SSSR count). The third-order valence-corrected chi connectivity index (χ3v) is 6.26.